The van der Waals surface area contributed by atoms with Gasteiger partial charge in [-0.3, -0.25) is 10.2 Å². The highest BCUT2D eigenvalue weighted by molar-refractivity contribution is 7.13. The Morgan fingerprint density at radius 3 is 2.62 bits per heavy atom. The van der Waals surface area contributed by atoms with Crippen LogP contribution in [0.3, 0.4) is 0 Å². The molecule has 0 bridgehead atoms. The maximum Gasteiger partial charge on any atom is 0.203 e. The number of nitrogens with zero attached hydrogens (tertiary/aromatic N) is 2. The predicted molar refractivity (Wildman–Crippen MR) is 100.0 cm³/mol. The summed E-state index contributed by atoms with van der Waals surface area (Å²) in [5.74, 6) is 0.0732. The van der Waals surface area contributed by atoms with Crippen molar-refractivity contribution in [3.63, 3.8) is 0 Å². The molecule has 0 atom stereocenters. The van der Waals surface area contributed by atoms with E-state index in [0.29, 0.717) is 0 Å². The van der Waals surface area contributed by atoms with Gasteiger partial charge in [0.15, 0.2) is 5.78 Å². The van der Waals surface area contributed by atoms with Crippen LogP contribution in [0.25, 0.3) is 11.1 Å². The molecule has 2 aromatic carbocycles. The monoisotopic (exact) mass is 335 g/mol. The zero-order valence-corrected chi connectivity index (χ0v) is 14.3. The van der Waals surface area contributed by atoms with Gasteiger partial charge in [0.25, 0.3) is 0 Å². The number of hydrogen-bond acceptors (Lipinski definition) is 5. The van der Waals surface area contributed by atoms with Crippen LogP contribution in [0.1, 0.15) is 28.5 Å². The molecule has 120 valence electrons. The van der Waals surface area contributed by atoms with E-state index in [1.807, 2.05) is 60.8 Å². The first-order valence-electron chi connectivity index (χ1n) is 7.54. The third-order valence-electron chi connectivity index (χ3n) is 3.51. The van der Waals surface area contributed by atoms with Crippen LogP contribution in [-0.4, -0.2) is 17.0 Å². The Balaban J connectivity index is 1.71. The maximum atomic E-state index is 11.5. The number of thiazole rings is 1. The van der Waals surface area contributed by atoms with Gasteiger partial charge in [-0.15, -0.1) is 11.3 Å². The Bertz CT molecular complexity index is 882. The number of hydrazone groups is 1. The van der Waals surface area contributed by atoms with E-state index in [1.54, 1.807) is 13.1 Å². The number of anilines is 1. The SMILES string of the molecule is CC(=O)c1cccc(-c2ccc(C=NNc3nc(C)cs3)cc2)c1. The van der Waals surface area contributed by atoms with E-state index in [1.165, 1.54) is 11.3 Å². The van der Waals surface area contributed by atoms with E-state index < -0.39 is 0 Å². The summed E-state index contributed by atoms with van der Waals surface area (Å²) in [7, 11) is 0. The molecule has 1 aromatic heterocycles. The molecule has 0 aliphatic heterocycles. The number of aromatic nitrogens is 1. The Morgan fingerprint density at radius 1 is 1.17 bits per heavy atom. The van der Waals surface area contributed by atoms with Crippen LogP contribution in [-0.2, 0) is 0 Å². The third kappa shape index (κ3) is 3.94. The fourth-order valence-corrected chi connectivity index (χ4v) is 2.88. The second-order valence-electron chi connectivity index (χ2n) is 5.42. The normalized spacial score (nSPS) is 10.9. The number of carbonyl (C=O) groups excluding carboxylic acids is 1. The zero-order chi connectivity index (χ0) is 16.9. The lowest BCUT2D eigenvalue weighted by atomic mass is 10.0. The van der Waals surface area contributed by atoms with Crippen LogP contribution >= 0.6 is 11.3 Å². The number of Topliss-reactive ketones (excluding diaryl/α,β-unsaturated/α-hetero) is 1. The molecule has 4 nitrogen and oxygen atoms in total. The van der Waals surface area contributed by atoms with Crippen LogP contribution in [0.15, 0.2) is 59.0 Å². The number of carbonyl (C=O) groups is 1. The number of nitrogens with one attached hydrogen (secondary N) is 1. The molecule has 0 aliphatic rings. The summed E-state index contributed by atoms with van der Waals surface area (Å²) in [6, 6.07) is 15.7. The van der Waals surface area contributed by atoms with Crippen LogP contribution in [0.2, 0.25) is 0 Å². The van der Waals surface area contributed by atoms with Gasteiger partial charge in [0.2, 0.25) is 5.13 Å². The van der Waals surface area contributed by atoms with Crippen molar-refractivity contribution in [3.05, 3.63) is 70.7 Å². The van der Waals surface area contributed by atoms with Crippen molar-refractivity contribution in [1.82, 2.24) is 4.98 Å². The summed E-state index contributed by atoms with van der Waals surface area (Å²) in [5, 5.41) is 6.95. The zero-order valence-electron chi connectivity index (χ0n) is 13.5. The highest BCUT2D eigenvalue weighted by atomic mass is 32.1. The fourth-order valence-electron chi connectivity index (χ4n) is 2.25. The molecular formula is C19H17N3OS. The van der Waals surface area contributed by atoms with Crippen LogP contribution in [0, 0.1) is 6.92 Å². The van der Waals surface area contributed by atoms with Gasteiger partial charge in [-0.05, 0) is 36.6 Å². The van der Waals surface area contributed by atoms with E-state index in [4.69, 9.17) is 0 Å². The van der Waals surface area contributed by atoms with Crippen LogP contribution < -0.4 is 5.43 Å². The molecule has 1 heterocycles. The van der Waals surface area contributed by atoms with Crippen molar-refractivity contribution in [2.75, 3.05) is 5.43 Å². The van der Waals surface area contributed by atoms with Crippen molar-refractivity contribution < 1.29 is 4.79 Å². The Morgan fingerprint density at radius 2 is 1.96 bits per heavy atom. The minimum Gasteiger partial charge on any atom is -0.295 e. The minimum atomic E-state index is 0.0732. The highest BCUT2D eigenvalue weighted by Gasteiger charge is 2.02. The van der Waals surface area contributed by atoms with E-state index in [9.17, 15) is 4.79 Å². The lowest BCUT2D eigenvalue weighted by Crippen LogP contribution is -1.92. The van der Waals surface area contributed by atoms with Gasteiger partial charge in [0, 0.05) is 10.9 Å². The van der Waals surface area contributed by atoms with Gasteiger partial charge in [-0.1, -0.05) is 42.5 Å². The minimum absolute atomic E-state index is 0.0732. The van der Waals surface area contributed by atoms with Gasteiger partial charge in [0.05, 0.1) is 11.9 Å². The van der Waals surface area contributed by atoms with Gasteiger partial charge in [-0.25, -0.2) is 4.98 Å². The second kappa shape index (κ2) is 7.19. The van der Waals surface area contributed by atoms with Crippen molar-refractivity contribution in [1.29, 1.82) is 0 Å². The van der Waals surface area contributed by atoms with Crippen molar-refractivity contribution in [2.24, 2.45) is 5.10 Å². The largest absolute Gasteiger partial charge is 0.295 e. The van der Waals surface area contributed by atoms with Gasteiger partial charge in [-0.2, -0.15) is 5.10 Å². The summed E-state index contributed by atoms with van der Waals surface area (Å²) in [4.78, 5) is 15.8. The Labute approximate surface area is 144 Å². The molecule has 3 rings (SSSR count). The average molecular weight is 335 g/mol. The van der Waals surface area contributed by atoms with Gasteiger partial charge < -0.3 is 0 Å². The lowest BCUT2D eigenvalue weighted by Gasteiger charge is -2.04. The number of benzene rings is 2. The first kappa shape index (κ1) is 16.1. The number of aryl methyl sites for hydroxylation is 1. The smallest absolute Gasteiger partial charge is 0.203 e. The summed E-state index contributed by atoms with van der Waals surface area (Å²) >= 11 is 1.52. The van der Waals surface area contributed by atoms with Crippen LogP contribution in [0.5, 0.6) is 0 Å². The standard InChI is InChI=1S/C19H17N3OS/c1-13-12-24-19(21-13)22-20-11-15-6-8-16(9-7-15)18-5-3-4-17(10-18)14(2)23/h3-12H,1-2H3,(H,21,22). The van der Waals surface area contributed by atoms with E-state index in [2.05, 4.69) is 15.5 Å². The average Bonchev–Trinajstić information content (AvgIpc) is 3.01. The van der Waals surface area contributed by atoms with Crippen LogP contribution in [0.4, 0.5) is 5.13 Å². The van der Waals surface area contributed by atoms with Crippen molar-refractivity contribution in [3.8, 4) is 11.1 Å². The van der Waals surface area contributed by atoms with Crippen molar-refractivity contribution >= 4 is 28.5 Å². The summed E-state index contributed by atoms with van der Waals surface area (Å²) in [6.45, 7) is 3.53. The molecule has 0 saturated heterocycles. The van der Waals surface area contributed by atoms with E-state index in [0.717, 1.165) is 33.1 Å². The van der Waals surface area contributed by atoms with Gasteiger partial charge in [0.1, 0.15) is 0 Å². The van der Waals surface area contributed by atoms with E-state index >= 15 is 0 Å². The van der Waals surface area contributed by atoms with Crippen molar-refractivity contribution in [2.45, 2.75) is 13.8 Å². The molecule has 0 unspecified atom stereocenters. The predicted octanol–water partition coefficient (Wildman–Crippen LogP) is 4.77. The molecule has 0 saturated carbocycles. The number of hydrogen-bond donors (Lipinski definition) is 1. The fraction of sp³-hybridized carbons (Fsp3) is 0.105. The molecule has 24 heavy (non-hydrogen) atoms. The Hall–Kier alpha value is -2.79. The van der Waals surface area contributed by atoms with E-state index in [-0.39, 0.29) is 5.78 Å². The molecule has 5 heteroatoms. The summed E-state index contributed by atoms with van der Waals surface area (Å²) in [5.41, 5.74) is 7.71. The third-order valence-corrected chi connectivity index (χ3v) is 4.37. The highest BCUT2D eigenvalue weighted by Crippen LogP contribution is 2.21. The molecule has 0 radical (unpaired) electrons. The quantitative estimate of drug-likeness (QED) is 0.415. The summed E-state index contributed by atoms with van der Waals surface area (Å²) in [6.07, 6.45) is 1.76. The van der Waals surface area contributed by atoms with Gasteiger partial charge >= 0.3 is 0 Å². The Kier molecular flexibility index (Phi) is 4.82. The second-order valence-corrected chi connectivity index (χ2v) is 6.28. The molecule has 0 spiro atoms. The number of rotatable bonds is 5. The molecule has 0 fully saturated rings. The number of ketones is 1. The first-order chi connectivity index (χ1) is 11.6. The molecule has 0 amide bonds. The molecule has 3 aromatic rings. The lowest BCUT2D eigenvalue weighted by molar-refractivity contribution is 0.101. The first-order valence-corrected chi connectivity index (χ1v) is 8.42. The molecule has 0 aliphatic carbocycles. The molecule has 1 N–H and O–H groups in total. The topological polar surface area (TPSA) is 54.4 Å². The summed E-state index contributed by atoms with van der Waals surface area (Å²) < 4.78 is 0. The molecular weight excluding hydrogens is 318 g/mol. The maximum absolute atomic E-state index is 11.5.